The van der Waals surface area contributed by atoms with Gasteiger partial charge in [0.1, 0.15) is 11.9 Å². The number of pyridine rings is 1. The Labute approximate surface area is 190 Å². The zero-order chi connectivity index (χ0) is 24.0. The van der Waals surface area contributed by atoms with Gasteiger partial charge in [-0.05, 0) is 54.7 Å². The Morgan fingerprint density at radius 3 is 2.33 bits per heavy atom. The van der Waals surface area contributed by atoms with Crippen molar-refractivity contribution in [1.82, 2.24) is 15.6 Å². The summed E-state index contributed by atoms with van der Waals surface area (Å²) in [6, 6.07) is 15.2. The topological polar surface area (TPSA) is 54.0 Å². The third-order valence-corrected chi connectivity index (χ3v) is 5.43. The molecule has 0 aliphatic rings. The molecule has 174 valence electrons. The number of aryl methyl sites for hydroxylation is 2. The average molecular weight is 459 g/mol. The van der Waals surface area contributed by atoms with Crippen LogP contribution in [0.25, 0.3) is 0 Å². The predicted molar refractivity (Wildman–Crippen MR) is 118 cm³/mol. The molecule has 0 saturated carbocycles. The summed E-state index contributed by atoms with van der Waals surface area (Å²) in [5.74, 6) is -0.578. The number of benzene rings is 2. The van der Waals surface area contributed by atoms with Crippen molar-refractivity contribution in [2.75, 3.05) is 7.05 Å². The molecule has 0 aliphatic heterocycles. The monoisotopic (exact) mass is 459 g/mol. The summed E-state index contributed by atoms with van der Waals surface area (Å²) >= 11 is 0. The van der Waals surface area contributed by atoms with E-state index in [0.717, 1.165) is 23.4 Å². The highest BCUT2D eigenvalue weighted by atomic mass is 19.4. The highest BCUT2D eigenvalue weighted by Crippen LogP contribution is 2.29. The van der Waals surface area contributed by atoms with Crippen LogP contribution in [0.3, 0.4) is 0 Å². The van der Waals surface area contributed by atoms with Gasteiger partial charge in [0.2, 0.25) is 5.91 Å². The van der Waals surface area contributed by atoms with Crippen LogP contribution in [-0.2, 0) is 17.4 Å². The lowest BCUT2D eigenvalue weighted by Crippen LogP contribution is -2.38. The maximum Gasteiger partial charge on any atom is 0.417 e. The van der Waals surface area contributed by atoms with E-state index in [1.165, 1.54) is 12.1 Å². The first-order valence-electron chi connectivity index (χ1n) is 10.5. The second kappa shape index (κ2) is 10.6. The average Bonchev–Trinajstić information content (AvgIpc) is 2.81. The standard InChI is InChI=1S/C25H25F4N3O/c1-16-14-18(8-12-21(16)26)22(13-11-20-10-9-19(15-31-20)25(27,28)29)32-23(24(33)30-2)17-6-4-3-5-7-17/h3-10,12,14-15,22-23,32H,11,13H2,1-2H3,(H,30,33)/t22-,23-/m0/s1. The molecule has 1 amide bonds. The van der Waals surface area contributed by atoms with Gasteiger partial charge in [0.15, 0.2) is 0 Å². The van der Waals surface area contributed by atoms with Gasteiger partial charge < -0.3 is 5.32 Å². The number of hydrogen-bond acceptors (Lipinski definition) is 3. The molecule has 4 nitrogen and oxygen atoms in total. The maximum absolute atomic E-state index is 13.9. The Morgan fingerprint density at radius 2 is 1.76 bits per heavy atom. The number of amides is 1. The van der Waals surface area contributed by atoms with Gasteiger partial charge in [-0.3, -0.25) is 15.1 Å². The highest BCUT2D eigenvalue weighted by molar-refractivity contribution is 5.83. The molecular formula is C25H25F4N3O. The van der Waals surface area contributed by atoms with Gasteiger partial charge >= 0.3 is 6.18 Å². The molecular weight excluding hydrogens is 434 g/mol. The third-order valence-electron chi connectivity index (χ3n) is 5.43. The number of nitrogens with zero attached hydrogens (tertiary/aromatic N) is 1. The quantitative estimate of drug-likeness (QED) is 0.450. The zero-order valence-electron chi connectivity index (χ0n) is 18.3. The minimum Gasteiger partial charge on any atom is -0.358 e. The molecule has 0 fully saturated rings. The zero-order valence-corrected chi connectivity index (χ0v) is 18.3. The van der Waals surface area contributed by atoms with Gasteiger partial charge in [-0.25, -0.2) is 4.39 Å². The van der Waals surface area contributed by atoms with Crippen LogP contribution in [0, 0.1) is 12.7 Å². The van der Waals surface area contributed by atoms with Gasteiger partial charge in [-0.15, -0.1) is 0 Å². The first-order chi connectivity index (χ1) is 15.7. The van der Waals surface area contributed by atoms with E-state index in [1.54, 1.807) is 26.1 Å². The molecule has 2 atom stereocenters. The number of halogens is 4. The fourth-order valence-corrected chi connectivity index (χ4v) is 3.58. The Kier molecular flexibility index (Phi) is 7.81. The number of aromatic nitrogens is 1. The first kappa shape index (κ1) is 24.4. The summed E-state index contributed by atoms with van der Waals surface area (Å²) in [4.78, 5) is 16.6. The van der Waals surface area contributed by atoms with E-state index in [9.17, 15) is 22.4 Å². The van der Waals surface area contributed by atoms with Gasteiger partial charge in [-0.2, -0.15) is 13.2 Å². The number of alkyl halides is 3. The largest absolute Gasteiger partial charge is 0.417 e. The van der Waals surface area contributed by atoms with Gasteiger partial charge in [-0.1, -0.05) is 42.5 Å². The lowest BCUT2D eigenvalue weighted by Gasteiger charge is -2.26. The van der Waals surface area contributed by atoms with Crippen molar-refractivity contribution in [1.29, 1.82) is 0 Å². The number of nitrogens with one attached hydrogen (secondary N) is 2. The summed E-state index contributed by atoms with van der Waals surface area (Å²) in [6.07, 6.45) is -2.83. The van der Waals surface area contributed by atoms with Gasteiger partial charge in [0.05, 0.1) is 5.56 Å². The van der Waals surface area contributed by atoms with Crippen LogP contribution in [-0.4, -0.2) is 17.9 Å². The van der Waals surface area contributed by atoms with Crippen LogP contribution in [0.15, 0.2) is 66.9 Å². The molecule has 0 unspecified atom stereocenters. The highest BCUT2D eigenvalue weighted by Gasteiger charge is 2.30. The van der Waals surface area contributed by atoms with Crippen molar-refractivity contribution in [3.63, 3.8) is 0 Å². The summed E-state index contributed by atoms with van der Waals surface area (Å²) < 4.78 is 52.3. The van der Waals surface area contributed by atoms with E-state index in [1.807, 2.05) is 30.3 Å². The van der Waals surface area contributed by atoms with Crippen molar-refractivity contribution in [3.05, 3.63) is 101 Å². The molecule has 0 bridgehead atoms. The summed E-state index contributed by atoms with van der Waals surface area (Å²) in [5, 5.41) is 6.00. The van der Waals surface area contributed by atoms with Gasteiger partial charge in [0.25, 0.3) is 0 Å². The third kappa shape index (κ3) is 6.38. The number of carbonyl (C=O) groups is 1. The molecule has 0 saturated heterocycles. The second-order valence-electron chi connectivity index (χ2n) is 7.76. The van der Waals surface area contributed by atoms with E-state index >= 15 is 0 Å². The molecule has 3 rings (SSSR count). The van der Waals surface area contributed by atoms with Crippen LogP contribution >= 0.6 is 0 Å². The van der Waals surface area contributed by atoms with Gasteiger partial charge in [0, 0.05) is 25.0 Å². The fraction of sp³-hybridized carbons (Fsp3) is 0.280. The predicted octanol–water partition coefficient (Wildman–Crippen LogP) is 5.30. The molecule has 3 aromatic rings. The van der Waals surface area contributed by atoms with Crippen LogP contribution < -0.4 is 10.6 Å². The smallest absolute Gasteiger partial charge is 0.358 e. The van der Waals surface area contributed by atoms with E-state index < -0.39 is 17.8 Å². The van der Waals surface area contributed by atoms with Crippen molar-refractivity contribution in [2.45, 2.75) is 38.0 Å². The molecule has 2 aromatic carbocycles. The normalized spacial score (nSPS) is 13.4. The van der Waals surface area contributed by atoms with Crippen molar-refractivity contribution in [2.24, 2.45) is 0 Å². The number of carbonyl (C=O) groups excluding carboxylic acids is 1. The van der Waals surface area contributed by atoms with Crippen molar-refractivity contribution in [3.8, 4) is 0 Å². The van der Waals surface area contributed by atoms with Crippen LogP contribution in [0.1, 0.15) is 46.5 Å². The maximum atomic E-state index is 13.9. The molecule has 33 heavy (non-hydrogen) atoms. The summed E-state index contributed by atoms with van der Waals surface area (Å²) in [5.41, 5.74) is 1.67. The number of likely N-dealkylation sites (N-methyl/N-ethyl adjacent to an activating group) is 1. The lowest BCUT2D eigenvalue weighted by molar-refractivity contribution is -0.137. The molecule has 0 spiro atoms. The van der Waals surface area contributed by atoms with Crippen molar-refractivity contribution < 1.29 is 22.4 Å². The van der Waals surface area contributed by atoms with Crippen LogP contribution in [0.2, 0.25) is 0 Å². The lowest BCUT2D eigenvalue weighted by atomic mass is 9.96. The molecule has 0 aliphatic carbocycles. The molecule has 8 heteroatoms. The summed E-state index contributed by atoms with van der Waals surface area (Å²) in [6.45, 7) is 1.65. The second-order valence-corrected chi connectivity index (χ2v) is 7.76. The Balaban J connectivity index is 1.87. The molecule has 1 heterocycles. The number of rotatable bonds is 8. The Bertz CT molecular complexity index is 1070. The Morgan fingerprint density at radius 1 is 1.03 bits per heavy atom. The fourth-order valence-electron chi connectivity index (χ4n) is 3.58. The van der Waals surface area contributed by atoms with E-state index in [-0.39, 0.29) is 17.8 Å². The van der Waals surface area contributed by atoms with Crippen LogP contribution in [0.4, 0.5) is 17.6 Å². The van der Waals surface area contributed by atoms with E-state index in [2.05, 4.69) is 15.6 Å². The minimum absolute atomic E-state index is 0.238. The molecule has 0 radical (unpaired) electrons. The SMILES string of the molecule is CNC(=O)[C@@H](N[C@@H](CCc1ccc(C(F)(F)F)cn1)c1ccc(F)c(C)c1)c1ccccc1. The van der Waals surface area contributed by atoms with Crippen LogP contribution in [0.5, 0.6) is 0 Å². The first-order valence-corrected chi connectivity index (χ1v) is 10.5. The van der Waals surface area contributed by atoms with E-state index in [4.69, 9.17) is 0 Å². The minimum atomic E-state index is -4.45. The number of hydrogen-bond donors (Lipinski definition) is 2. The summed E-state index contributed by atoms with van der Waals surface area (Å²) in [7, 11) is 1.54. The van der Waals surface area contributed by atoms with Crippen molar-refractivity contribution >= 4 is 5.91 Å². The molecule has 1 aromatic heterocycles. The Hall–Kier alpha value is -3.26. The van der Waals surface area contributed by atoms with E-state index in [0.29, 0.717) is 24.1 Å². The molecule has 2 N–H and O–H groups in total.